The van der Waals surface area contributed by atoms with Gasteiger partial charge in [0.1, 0.15) is 12.6 Å². The number of hydrogen-bond donors (Lipinski definition) is 1. The molecule has 36 heavy (non-hydrogen) atoms. The normalized spacial score (nSPS) is 12.8. The lowest BCUT2D eigenvalue weighted by atomic mass is 10.0. The van der Waals surface area contributed by atoms with Crippen LogP contribution < -0.4 is 9.62 Å². The van der Waals surface area contributed by atoms with Crippen molar-refractivity contribution in [1.82, 2.24) is 10.2 Å². The van der Waals surface area contributed by atoms with Crippen molar-refractivity contribution >= 4 is 27.5 Å². The second-order valence-electron chi connectivity index (χ2n) is 10.6. The number of anilines is 1. The van der Waals surface area contributed by atoms with Gasteiger partial charge in [-0.2, -0.15) is 0 Å². The van der Waals surface area contributed by atoms with Gasteiger partial charge in [0.15, 0.2) is 0 Å². The fourth-order valence-electron chi connectivity index (χ4n) is 4.14. The van der Waals surface area contributed by atoms with Crippen LogP contribution in [0.5, 0.6) is 0 Å². The molecule has 0 aliphatic carbocycles. The molecular formula is C28H41N3O4S. The smallest absolute Gasteiger partial charge is 0.244 e. The van der Waals surface area contributed by atoms with Gasteiger partial charge < -0.3 is 10.2 Å². The van der Waals surface area contributed by atoms with E-state index in [0.29, 0.717) is 12.1 Å². The van der Waals surface area contributed by atoms with E-state index in [1.807, 2.05) is 84.9 Å². The molecule has 0 spiro atoms. The molecule has 0 saturated heterocycles. The topological polar surface area (TPSA) is 86.8 Å². The molecule has 1 N–H and O–H groups in total. The molecule has 0 radical (unpaired) electrons. The van der Waals surface area contributed by atoms with Crippen LogP contribution in [0.4, 0.5) is 5.69 Å². The Morgan fingerprint density at radius 1 is 1.00 bits per heavy atom. The lowest BCUT2D eigenvalue weighted by molar-refractivity contribution is -0.141. The Morgan fingerprint density at radius 2 is 1.58 bits per heavy atom. The van der Waals surface area contributed by atoms with E-state index in [2.05, 4.69) is 5.32 Å². The maximum Gasteiger partial charge on any atom is 0.244 e. The molecule has 0 aliphatic rings. The van der Waals surface area contributed by atoms with Crippen LogP contribution in [-0.2, 0) is 26.2 Å². The van der Waals surface area contributed by atoms with Crippen molar-refractivity contribution in [3.8, 4) is 0 Å². The molecular weight excluding hydrogens is 474 g/mol. The summed E-state index contributed by atoms with van der Waals surface area (Å²) < 4.78 is 27.0. The summed E-state index contributed by atoms with van der Waals surface area (Å²) in [6, 6.07) is 14.2. The number of amides is 2. The van der Waals surface area contributed by atoms with Crippen LogP contribution in [0, 0.1) is 6.92 Å². The summed E-state index contributed by atoms with van der Waals surface area (Å²) in [5.74, 6) is -0.636. The summed E-state index contributed by atoms with van der Waals surface area (Å²) in [7, 11) is -3.78. The highest BCUT2D eigenvalue weighted by molar-refractivity contribution is 7.92. The monoisotopic (exact) mass is 515 g/mol. The predicted octanol–water partition coefficient (Wildman–Crippen LogP) is 4.61. The van der Waals surface area contributed by atoms with Crippen molar-refractivity contribution in [2.24, 2.45) is 0 Å². The number of hydrogen-bond acceptors (Lipinski definition) is 4. The van der Waals surface area contributed by atoms with Crippen molar-refractivity contribution in [2.75, 3.05) is 17.1 Å². The maximum atomic E-state index is 13.9. The molecule has 0 unspecified atom stereocenters. The van der Waals surface area contributed by atoms with Gasteiger partial charge in [0.25, 0.3) is 0 Å². The van der Waals surface area contributed by atoms with Crippen LogP contribution in [0.25, 0.3) is 0 Å². The van der Waals surface area contributed by atoms with Crippen LogP contribution in [0.3, 0.4) is 0 Å². The second kappa shape index (κ2) is 11.9. The molecule has 7 nitrogen and oxygen atoms in total. The van der Waals surface area contributed by atoms with Crippen molar-refractivity contribution in [2.45, 2.75) is 78.9 Å². The number of benzene rings is 2. The third kappa shape index (κ3) is 7.82. The summed E-state index contributed by atoms with van der Waals surface area (Å²) in [5, 5.41) is 2.98. The zero-order valence-electron chi connectivity index (χ0n) is 22.8. The van der Waals surface area contributed by atoms with Crippen LogP contribution in [0.1, 0.15) is 70.6 Å². The summed E-state index contributed by atoms with van der Waals surface area (Å²) in [6.07, 6.45) is 1.49. The number of carbonyl (C=O) groups is 2. The molecule has 0 heterocycles. The molecule has 198 valence electrons. The summed E-state index contributed by atoms with van der Waals surface area (Å²) in [5.41, 5.74) is 2.73. The van der Waals surface area contributed by atoms with Crippen molar-refractivity contribution in [1.29, 1.82) is 0 Å². The number of nitrogens with zero attached hydrogens (tertiary/aromatic N) is 2. The molecule has 1 atom stereocenters. The van der Waals surface area contributed by atoms with Gasteiger partial charge in [-0.1, -0.05) is 63.2 Å². The van der Waals surface area contributed by atoms with Gasteiger partial charge >= 0.3 is 0 Å². The molecule has 0 aliphatic heterocycles. The Morgan fingerprint density at radius 3 is 2.11 bits per heavy atom. The molecule has 2 aromatic carbocycles. The minimum atomic E-state index is -3.78. The zero-order valence-corrected chi connectivity index (χ0v) is 23.6. The van der Waals surface area contributed by atoms with Gasteiger partial charge in [-0.3, -0.25) is 13.9 Å². The number of carbonyl (C=O) groups excluding carboxylic acids is 2. The van der Waals surface area contributed by atoms with Gasteiger partial charge in [-0.05, 0) is 62.8 Å². The fourth-order valence-corrected chi connectivity index (χ4v) is 5.01. The van der Waals surface area contributed by atoms with Crippen LogP contribution in [-0.4, -0.2) is 49.5 Å². The highest BCUT2D eigenvalue weighted by atomic mass is 32.2. The van der Waals surface area contributed by atoms with Gasteiger partial charge in [0.05, 0.1) is 11.9 Å². The fraction of sp³-hybridized carbons (Fsp3) is 0.500. The first kappa shape index (κ1) is 29.4. The van der Waals surface area contributed by atoms with Gasteiger partial charge in [0.2, 0.25) is 21.8 Å². The summed E-state index contributed by atoms with van der Waals surface area (Å²) in [4.78, 5) is 28.7. The minimum absolute atomic E-state index is 0.0598. The standard InChI is InChI=1S/C28H41N3O4S/c1-9-24(27(33)29-28(5,6)7)30(18-22-15-11-10-14-21(22)4)26(32)19-31(36(8,34)35)25-17-13-12-16-23(25)20(2)3/h10-17,20,24H,9,18-19H2,1-8H3,(H,29,33)/t24-/m1/s1. The zero-order chi connectivity index (χ0) is 27.3. The highest BCUT2D eigenvalue weighted by Gasteiger charge is 2.33. The summed E-state index contributed by atoms with van der Waals surface area (Å²) in [6.45, 7) is 13.2. The number of aryl methyl sites for hydroxylation is 1. The first-order chi connectivity index (χ1) is 16.7. The largest absolute Gasteiger partial charge is 0.350 e. The molecule has 0 fully saturated rings. The van der Waals surface area contributed by atoms with Gasteiger partial charge in [-0.15, -0.1) is 0 Å². The molecule has 8 heteroatoms. The van der Waals surface area contributed by atoms with Crippen molar-refractivity contribution in [3.63, 3.8) is 0 Å². The predicted molar refractivity (Wildman–Crippen MR) is 146 cm³/mol. The van der Waals surface area contributed by atoms with E-state index in [-0.39, 0.29) is 18.4 Å². The average Bonchev–Trinajstić information content (AvgIpc) is 2.76. The number of nitrogens with one attached hydrogen (secondary N) is 1. The first-order valence-electron chi connectivity index (χ1n) is 12.4. The number of sulfonamides is 1. The lowest BCUT2D eigenvalue weighted by Crippen LogP contribution is -2.55. The molecule has 2 rings (SSSR count). The second-order valence-corrected chi connectivity index (χ2v) is 12.5. The van der Waals surface area contributed by atoms with E-state index in [4.69, 9.17) is 0 Å². The third-order valence-electron chi connectivity index (χ3n) is 5.99. The Bertz CT molecular complexity index is 1170. The summed E-state index contributed by atoms with van der Waals surface area (Å²) >= 11 is 0. The van der Waals surface area contributed by atoms with E-state index in [1.165, 1.54) is 4.90 Å². The lowest BCUT2D eigenvalue weighted by Gasteiger charge is -2.35. The van der Waals surface area contributed by atoms with Crippen LogP contribution in [0.15, 0.2) is 48.5 Å². The van der Waals surface area contributed by atoms with E-state index < -0.39 is 34.1 Å². The van der Waals surface area contributed by atoms with Gasteiger partial charge in [0, 0.05) is 12.1 Å². The number of rotatable bonds is 10. The quantitative estimate of drug-likeness (QED) is 0.501. The van der Waals surface area contributed by atoms with Crippen molar-refractivity contribution < 1.29 is 18.0 Å². The molecule has 2 amide bonds. The Hall–Kier alpha value is -2.87. The maximum absolute atomic E-state index is 13.9. The SMILES string of the molecule is CC[C@H](C(=O)NC(C)(C)C)N(Cc1ccccc1C)C(=O)CN(c1ccccc1C(C)C)S(C)(=O)=O. The molecule has 2 aromatic rings. The molecule has 0 saturated carbocycles. The van der Waals surface area contributed by atoms with Crippen molar-refractivity contribution in [3.05, 3.63) is 65.2 Å². The highest BCUT2D eigenvalue weighted by Crippen LogP contribution is 2.29. The van der Waals surface area contributed by atoms with E-state index in [1.54, 1.807) is 12.1 Å². The Balaban J connectivity index is 2.54. The number of para-hydroxylation sites is 1. The minimum Gasteiger partial charge on any atom is -0.350 e. The van der Waals surface area contributed by atoms with E-state index in [9.17, 15) is 18.0 Å². The third-order valence-corrected chi connectivity index (χ3v) is 7.12. The van der Waals surface area contributed by atoms with Gasteiger partial charge in [-0.25, -0.2) is 8.42 Å². The molecule has 0 bridgehead atoms. The Labute approximate surface area is 216 Å². The Kier molecular flexibility index (Phi) is 9.71. The van der Waals surface area contributed by atoms with Crippen LogP contribution >= 0.6 is 0 Å². The van der Waals surface area contributed by atoms with E-state index >= 15 is 0 Å². The first-order valence-corrected chi connectivity index (χ1v) is 14.2. The van der Waals surface area contributed by atoms with Crippen LogP contribution in [0.2, 0.25) is 0 Å². The molecule has 0 aromatic heterocycles. The average molecular weight is 516 g/mol. The van der Waals surface area contributed by atoms with E-state index in [0.717, 1.165) is 27.3 Å².